The van der Waals surface area contributed by atoms with Crippen molar-refractivity contribution in [3.63, 3.8) is 0 Å². The minimum absolute atomic E-state index is 0.286. The normalized spacial score (nSPS) is 12.2. The van der Waals surface area contributed by atoms with E-state index in [1.807, 2.05) is 6.07 Å². The zero-order valence-electron chi connectivity index (χ0n) is 11.6. The molecule has 104 valence electrons. The number of carbonyl (C=O) groups is 1. The molecule has 1 atom stereocenters. The predicted molar refractivity (Wildman–Crippen MR) is 85.2 cm³/mol. The quantitative estimate of drug-likeness (QED) is 0.821. The van der Waals surface area contributed by atoms with Crippen LogP contribution in [0.25, 0.3) is 11.1 Å². The van der Waals surface area contributed by atoms with Gasteiger partial charge in [-0.1, -0.05) is 44.2 Å². The summed E-state index contributed by atoms with van der Waals surface area (Å²) in [6.07, 6.45) is 1.11. The van der Waals surface area contributed by atoms with E-state index in [1.165, 1.54) is 5.56 Å². The molecule has 0 saturated heterocycles. The molecule has 0 aromatic heterocycles. The van der Waals surface area contributed by atoms with Crippen molar-refractivity contribution in [2.24, 2.45) is 0 Å². The minimum atomic E-state index is -0.921. The number of aromatic carboxylic acids is 1. The molecule has 0 aliphatic carbocycles. The Labute approximate surface area is 127 Å². The smallest absolute Gasteiger partial charge is 0.336 e. The molecule has 2 rings (SSSR count). The lowest BCUT2D eigenvalue weighted by Gasteiger charge is -2.10. The highest BCUT2D eigenvalue weighted by Crippen LogP contribution is 2.27. The van der Waals surface area contributed by atoms with Crippen LogP contribution in [0.3, 0.4) is 0 Å². The van der Waals surface area contributed by atoms with E-state index < -0.39 is 5.97 Å². The number of carboxylic acids is 1. The van der Waals surface area contributed by atoms with E-state index in [2.05, 4.69) is 54.0 Å². The van der Waals surface area contributed by atoms with Gasteiger partial charge in [0.2, 0.25) is 0 Å². The third kappa shape index (κ3) is 3.10. The first-order valence-corrected chi connectivity index (χ1v) is 7.45. The summed E-state index contributed by atoms with van der Waals surface area (Å²) in [7, 11) is 0. The number of rotatable bonds is 4. The van der Waals surface area contributed by atoms with Gasteiger partial charge in [-0.3, -0.25) is 0 Å². The van der Waals surface area contributed by atoms with E-state index >= 15 is 0 Å². The van der Waals surface area contributed by atoms with Gasteiger partial charge in [0.15, 0.2) is 0 Å². The molecule has 2 nitrogen and oxygen atoms in total. The number of halogens is 1. The Hall–Kier alpha value is -1.61. The van der Waals surface area contributed by atoms with Gasteiger partial charge < -0.3 is 5.11 Å². The molecule has 0 aliphatic heterocycles. The van der Waals surface area contributed by atoms with Crippen molar-refractivity contribution in [1.29, 1.82) is 0 Å². The molecule has 1 unspecified atom stereocenters. The van der Waals surface area contributed by atoms with Crippen LogP contribution in [0.1, 0.15) is 42.1 Å². The first-order chi connectivity index (χ1) is 9.52. The van der Waals surface area contributed by atoms with Gasteiger partial charge in [-0.05, 0) is 57.1 Å². The standard InChI is InChI=1S/C17H17BrO2/c1-3-11(2)12-4-6-13(7-5-12)14-8-9-16(18)15(10-14)17(19)20/h4-11H,3H2,1-2H3,(H,19,20). The number of benzene rings is 2. The highest BCUT2D eigenvalue weighted by Gasteiger charge is 2.10. The molecule has 0 aliphatic rings. The number of hydrogen-bond acceptors (Lipinski definition) is 1. The molecule has 0 saturated carbocycles. The Morgan fingerprint density at radius 1 is 1.15 bits per heavy atom. The lowest BCUT2D eigenvalue weighted by atomic mass is 9.95. The first kappa shape index (κ1) is 14.8. The Balaban J connectivity index is 2.37. The molecule has 1 N–H and O–H groups in total. The van der Waals surface area contributed by atoms with Crippen LogP contribution in [0.4, 0.5) is 0 Å². The number of hydrogen-bond donors (Lipinski definition) is 1. The molecule has 0 spiro atoms. The maximum atomic E-state index is 11.2. The molecular weight excluding hydrogens is 316 g/mol. The third-order valence-electron chi connectivity index (χ3n) is 3.62. The zero-order chi connectivity index (χ0) is 14.7. The van der Waals surface area contributed by atoms with Gasteiger partial charge in [-0.25, -0.2) is 4.79 Å². The summed E-state index contributed by atoms with van der Waals surface area (Å²) in [6, 6.07) is 13.7. The molecule has 0 fully saturated rings. The first-order valence-electron chi connectivity index (χ1n) is 6.66. The Kier molecular flexibility index (Phi) is 4.61. The van der Waals surface area contributed by atoms with Crippen LogP contribution in [-0.4, -0.2) is 11.1 Å². The van der Waals surface area contributed by atoms with E-state index in [0.717, 1.165) is 17.5 Å². The summed E-state index contributed by atoms with van der Waals surface area (Å²) in [4.78, 5) is 11.2. The Morgan fingerprint density at radius 3 is 2.30 bits per heavy atom. The third-order valence-corrected chi connectivity index (χ3v) is 4.31. The van der Waals surface area contributed by atoms with Crippen LogP contribution in [-0.2, 0) is 0 Å². The van der Waals surface area contributed by atoms with E-state index in [1.54, 1.807) is 12.1 Å². The summed E-state index contributed by atoms with van der Waals surface area (Å²) in [5.41, 5.74) is 3.55. The second-order valence-corrected chi connectivity index (χ2v) is 5.79. The molecule has 0 amide bonds. The topological polar surface area (TPSA) is 37.3 Å². The van der Waals surface area contributed by atoms with Gasteiger partial charge in [0.05, 0.1) is 5.56 Å². The average Bonchev–Trinajstić information content (AvgIpc) is 2.47. The summed E-state index contributed by atoms with van der Waals surface area (Å²) in [5.74, 6) is -0.376. The molecule has 2 aromatic carbocycles. The summed E-state index contributed by atoms with van der Waals surface area (Å²) in [6.45, 7) is 4.38. The molecule has 0 heterocycles. The molecule has 2 aromatic rings. The average molecular weight is 333 g/mol. The summed E-state index contributed by atoms with van der Waals surface area (Å²) >= 11 is 3.26. The van der Waals surface area contributed by atoms with Gasteiger partial charge in [0, 0.05) is 4.47 Å². The van der Waals surface area contributed by atoms with Gasteiger partial charge in [-0.2, -0.15) is 0 Å². The van der Waals surface area contributed by atoms with Crippen molar-refractivity contribution in [1.82, 2.24) is 0 Å². The molecule has 3 heteroatoms. The Bertz CT molecular complexity index is 617. The fourth-order valence-corrected chi connectivity index (χ4v) is 2.52. The van der Waals surface area contributed by atoms with Gasteiger partial charge in [-0.15, -0.1) is 0 Å². The van der Waals surface area contributed by atoms with Crippen molar-refractivity contribution in [3.8, 4) is 11.1 Å². The molecule has 20 heavy (non-hydrogen) atoms. The monoisotopic (exact) mass is 332 g/mol. The van der Waals surface area contributed by atoms with E-state index in [4.69, 9.17) is 5.11 Å². The number of carboxylic acid groups (broad SMARTS) is 1. The fourth-order valence-electron chi connectivity index (χ4n) is 2.11. The minimum Gasteiger partial charge on any atom is -0.478 e. The van der Waals surface area contributed by atoms with Crippen molar-refractivity contribution >= 4 is 21.9 Å². The van der Waals surface area contributed by atoms with Gasteiger partial charge >= 0.3 is 5.97 Å². The summed E-state index contributed by atoms with van der Waals surface area (Å²) in [5, 5.41) is 9.16. The molecule has 0 radical (unpaired) electrons. The highest BCUT2D eigenvalue weighted by molar-refractivity contribution is 9.10. The van der Waals surface area contributed by atoms with Crippen molar-refractivity contribution in [3.05, 3.63) is 58.1 Å². The van der Waals surface area contributed by atoms with Crippen molar-refractivity contribution in [2.45, 2.75) is 26.2 Å². The second-order valence-electron chi connectivity index (χ2n) is 4.93. The van der Waals surface area contributed by atoms with Crippen LogP contribution >= 0.6 is 15.9 Å². The maximum Gasteiger partial charge on any atom is 0.336 e. The lowest BCUT2D eigenvalue weighted by molar-refractivity contribution is 0.0696. The maximum absolute atomic E-state index is 11.2. The van der Waals surface area contributed by atoms with Gasteiger partial charge in [0.25, 0.3) is 0 Å². The fraction of sp³-hybridized carbons (Fsp3) is 0.235. The SMILES string of the molecule is CCC(C)c1ccc(-c2ccc(Br)c(C(=O)O)c2)cc1. The second kappa shape index (κ2) is 6.23. The van der Waals surface area contributed by atoms with Crippen LogP contribution in [0.15, 0.2) is 46.9 Å². The van der Waals surface area contributed by atoms with Crippen LogP contribution in [0, 0.1) is 0 Å². The molecule has 0 bridgehead atoms. The van der Waals surface area contributed by atoms with Gasteiger partial charge in [0.1, 0.15) is 0 Å². The van der Waals surface area contributed by atoms with Crippen LogP contribution in [0.2, 0.25) is 0 Å². The van der Waals surface area contributed by atoms with E-state index in [-0.39, 0.29) is 5.56 Å². The van der Waals surface area contributed by atoms with E-state index in [0.29, 0.717) is 10.4 Å². The predicted octanol–water partition coefficient (Wildman–Crippen LogP) is 5.33. The van der Waals surface area contributed by atoms with E-state index in [9.17, 15) is 4.79 Å². The van der Waals surface area contributed by atoms with Crippen molar-refractivity contribution in [2.75, 3.05) is 0 Å². The lowest BCUT2D eigenvalue weighted by Crippen LogP contribution is -1.98. The largest absolute Gasteiger partial charge is 0.478 e. The zero-order valence-corrected chi connectivity index (χ0v) is 13.1. The van der Waals surface area contributed by atoms with Crippen LogP contribution in [0.5, 0.6) is 0 Å². The van der Waals surface area contributed by atoms with Crippen molar-refractivity contribution < 1.29 is 9.90 Å². The Morgan fingerprint density at radius 2 is 1.75 bits per heavy atom. The highest BCUT2D eigenvalue weighted by atomic mass is 79.9. The molecular formula is C17H17BrO2. The summed E-state index contributed by atoms with van der Waals surface area (Å²) < 4.78 is 0.602. The van der Waals surface area contributed by atoms with Crippen LogP contribution < -0.4 is 0 Å².